The number of hydrogen-bond acceptors (Lipinski definition) is 4. The number of nitrogens with one attached hydrogen (secondary N) is 1. The maximum Gasteiger partial charge on any atom is 0.330 e. The Bertz CT molecular complexity index is 1110. The van der Waals surface area contributed by atoms with Crippen molar-refractivity contribution in [3.8, 4) is 0 Å². The molecule has 3 N–H and O–H groups in total. The van der Waals surface area contributed by atoms with Crippen molar-refractivity contribution >= 4 is 29.0 Å². The Morgan fingerprint density at radius 1 is 1.11 bits per heavy atom. The topological polar surface area (TPSA) is 101 Å². The molecule has 1 amide bonds. The number of aromatic amines is 1. The fourth-order valence-electron chi connectivity index (χ4n) is 2.91. The standard InChI is InChI=1S/C20H19ClN4O3/c1-2-24(19(27)14-8-10-15(21)11-9-14)16-17(22)25(20(28)23-18(16)26)12-13-6-4-3-5-7-13/h3-11H,2,12,22H2,1H3,(H,23,26,28). The zero-order valence-electron chi connectivity index (χ0n) is 15.2. The Labute approximate surface area is 166 Å². The Hall–Kier alpha value is -3.32. The predicted octanol–water partition coefficient (Wildman–Crippen LogP) is 2.49. The zero-order chi connectivity index (χ0) is 20.3. The van der Waals surface area contributed by atoms with Gasteiger partial charge >= 0.3 is 5.69 Å². The average Bonchev–Trinajstić information content (AvgIpc) is 2.69. The quantitative estimate of drug-likeness (QED) is 0.689. The third-order valence-corrected chi connectivity index (χ3v) is 4.57. The molecule has 0 saturated carbocycles. The first-order valence-electron chi connectivity index (χ1n) is 8.66. The summed E-state index contributed by atoms with van der Waals surface area (Å²) in [6.45, 7) is 2.08. The molecule has 0 saturated heterocycles. The smallest absolute Gasteiger partial charge is 0.330 e. The van der Waals surface area contributed by atoms with Gasteiger partial charge in [-0.05, 0) is 36.8 Å². The van der Waals surface area contributed by atoms with Crippen LogP contribution in [0.5, 0.6) is 0 Å². The molecule has 0 unspecified atom stereocenters. The lowest BCUT2D eigenvalue weighted by atomic mass is 10.2. The van der Waals surface area contributed by atoms with E-state index in [4.69, 9.17) is 17.3 Å². The highest BCUT2D eigenvalue weighted by atomic mass is 35.5. The summed E-state index contributed by atoms with van der Waals surface area (Å²) in [5.74, 6) is -0.483. The van der Waals surface area contributed by atoms with Crippen molar-refractivity contribution in [2.45, 2.75) is 13.5 Å². The number of H-pyrrole nitrogens is 1. The molecule has 3 rings (SSSR count). The molecule has 0 atom stereocenters. The molecule has 3 aromatic rings. The fourth-order valence-corrected chi connectivity index (χ4v) is 3.04. The molecule has 8 heteroatoms. The molecule has 0 aliphatic carbocycles. The molecule has 7 nitrogen and oxygen atoms in total. The molecule has 2 aromatic carbocycles. The summed E-state index contributed by atoms with van der Waals surface area (Å²) in [5, 5.41) is 0.494. The summed E-state index contributed by atoms with van der Waals surface area (Å²) in [5.41, 5.74) is 5.96. The first-order valence-corrected chi connectivity index (χ1v) is 9.04. The monoisotopic (exact) mass is 398 g/mol. The summed E-state index contributed by atoms with van der Waals surface area (Å²) in [7, 11) is 0. The first-order chi connectivity index (χ1) is 13.4. The number of nitrogens with zero attached hydrogens (tertiary/aromatic N) is 2. The van der Waals surface area contributed by atoms with E-state index in [-0.39, 0.29) is 24.6 Å². The van der Waals surface area contributed by atoms with E-state index in [9.17, 15) is 14.4 Å². The number of nitrogens with two attached hydrogens (primary N) is 1. The Kier molecular flexibility index (Phi) is 5.65. The second-order valence-electron chi connectivity index (χ2n) is 6.12. The van der Waals surface area contributed by atoms with Crippen molar-refractivity contribution in [3.05, 3.63) is 91.6 Å². The number of rotatable bonds is 5. The maximum atomic E-state index is 12.9. The van der Waals surface area contributed by atoms with Gasteiger partial charge in [-0.1, -0.05) is 41.9 Å². The molecule has 1 heterocycles. The van der Waals surface area contributed by atoms with Gasteiger partial charge in [0.2, 0.25) is 0 Å². The van der Waals surface area contributed by atoms with Crippen LogP contribution in [0.25, 0.3) is 0 Å². The molecule has 0 aliphatic heterocycles. The van der Waals surface area contributed by atoms with Crippen LogP contribution in [0.15, 0.2) is 64.2 Å². The van der Waals surface area contributed by atoms with E-state index < -0.39 is 17.2 Å². The van der Waals surface area contributed by atoms with Crippen LogP contribution < -0.4 is 21.9 Å². The van der Waals surface area contributed by atoms with Crippen molar-refractivity contribution in [2.75, 3.05) is 17.2 Å². The van der Waals surface area contributed by atoms with Gasteiger partial charge in [-0.25, -0.2) is 4.79 Å². The number of carbonyl (C=O) groups is 1. The molecule has 0 radical (unpaired) electrons. The molecule has 28 heavy (non-hydrogen) atoms. The summed E-state index contributed by atoms with van der Waals surface area (Å²) < 4.78 is 1.24. The summed E-state index contributed by atoms with van der Waals surface area (Å²) in [4.78, 5) is 41.2. The van der Waals surface area contributed by atoms with Gasteiger partial charge in [-0.3, -0.25) is 19.1 Å². The van der Waals surface area contributed by atoms with E-state index in [2.05, 4.69) is 4.98 Å². The molecule has 144 valence electrons. The van der Waals surface area contributed by atoms with Crippen LogP contribution in [-0.4, -0.2) is 22.0 Å². The molecule has 0 aliphatic rings. The van der Waals surface area contributed by atoms with Crippen LogP contribution in [-0.2, 0) is 6.54 Å². The van der Waals surface area contributed by atoms with E-state index in [1.165, 1.54) is 9.47 Å². The van der Waals surface area contributed by atoms with E-state index in [1.807, 2.05) is 30.3 Å². The van der Waals surface area contributed by atoms with E-state index in [0.717, 1.165) is 5.56 Å². The van der Waals surface area contributed by atoms with Crippen LogP contribution in [0.2, 0.25) is 5.02 Å². The third-order valence-electron chi connectivity index (χ3n) is 4.32. The van der Waals surface area contributed by atoms with Gasteiger partial charge in [0.25, 0.3) is 11.5 Å². The number of aromatic nitrogens is 2. The second kappa shape index (κ2) is 8.14. The normalized spacial score (nSPS) is 10.6. The SMILES string of the molecule is CCN(C(=O)c1ccc(Cl)cc1)c1c(N)n(Cc2ccccc2)c(=O)[nH]c1=O. The lowest BCUT2D eigenvalue weighted by Gasteiger charge is -2.23. The predicted molar refractivity (Wildman–Crippen MR) is 110 cm³/mol. The van der Waals surface area contributed by atoms with Gasteiger partial charge in [-0.2, -0.15) is 0 Å². The maximum absolute atomic E-state index is 12.9. The lowest BCUT2D eigenvalue weighted by Crippen LogP contribution is -2.41. The number of amides is 1. The Morgan fingerprint density at radius 2 is 1.75 bits per heavy atom. The van der Waals surface area contributed by atoms with Crippen molar-refractivity contribution in [2.24, 2.45) is 0 Å². The number of hydrogen-bond donors (Lipinski definition) is 2. The molecular weight excluding hydrogens is 380 g/mol. The average molecular weight is 399 g/mol. The highest BCUT2D eigenvalue weighted by molar-refractivity contribution is 6.30. The largest absolute Gasteiger partial charge is 0.383 e. The number of benzene rings is 2. The van der Waals surface area contributed by atoms with Crippen molar-refractivity contribution in [3.63, 3.8) is 0 Å². The minimum Gasteiger partial charge on any atom is -0.383 e. The summed E-state index contributed by atoms with van der Waals surface area (Å²) in [6.07, 6.45) is 0. The van der Waals surface area contributed by atoms with Gasteiger partial charge in [-0.15, -0.1) is 0 Å². The minimum atomic E-state index is -0.712. The van der Waals surface area contributed by atoms with Crippen molar-refractivity contribution in [1.29, 1.82) is 0 Å². The number of carbonyl (C=O) groups excluding carboxylic acids is 1. The highest BCUT2D eigenvalue weighted by Gasteiger charge is 2.24. The van der Waals surface area contributed by atoms with E-state index in [0.29, 0.717) is 10.6 Å². The van der Waals surface area contributed by atoms with Crippen molar-refractivity contribution < 1.29 is 4.79 Å². The van der Waals surface area contributed by atoms with Gasteiger partial charge in [0, 0.05) is 17.1 Å². The third kappa shape index (κ3) is 3.84. The Morgan fingerprint density at radius 3 is 2.36 bits per heavy atom. The second-order valence-corrected chi connectivity index (χ2v) is 6.56. The molecule has 0 spiro atoms. The van der Waals surface area contributed by atoms with Gasteiger partial charge < -0.3 is 10.6 Å². The van der Waals surface area contributed by atoms with Gasteiger partial charge in [0.1, 0.15) is 5.82 Å². The van der Waals surface area contributed by atoms with Crippen LogP contribution >= 0.6 is 11.6 Å². The molecule has 0 fully saturated rings. The first kappa shape index (κ1) is 19.4. The minimum absolute atomic E-state index is 0.0574. The number of halogens is 1. The molecular formula is C20H19ClN4O3. The number of nitrogen functional groups attached to an aromatic ring is 1. The highest BCUT2D eigenvalue weighted by Crippen LogP contribution is 2.20. The zero-order valence-corrected chi connectivity index (χ0v) is 15.9. The molecule has 1 aromatic heterocycles. The molecule has 0 bridgehead atoms. The van der Waals surface area contributed by atoms with Crippen LogP contribution in [0.4, 0.5) is 11.5 Å². The summed E-state index contributed by atoms with van der Waals surface area (Å²) in [6, 6.07) is 15.5. The summed E-state index contributed by atoms with van der Waals surface area (Å²) >= 11 is 5.87. The Balaban J connectivity index is 2.07. The van der Waals surface area contributed by atoms with Crippen LogP contribution in [0, 0.1) is 0 Å². The van der Waals surface area contributed by atoms with Crippen LogP contribution in [0.3, 0.4) is 0 Å². The van der Waals surface area contributed by atoms with E-state index >= 15 is 0 Å². The van der Waals surface area contributed by atoms with Gasteiger partial charge in [0.05, 0.1) is 6.54 Å². The lowest BCUT2D eigenvalue weighted by molar-refractivity contribution is 0.0988. The van der Waals surface area contributed by atoms with Crippen molar-refractivity contribution in [1.82, 2.24) is 9.55 Å². The van der Waals surface area contributed by atoms with Gasteiger partial charge in [0.15, 0.2) is 5.69 Å². The fraction of sp³-hybridized carbons (Fsp3) is 0.150. The van der Waals surface area contributed by atoms with Crippen LogP contribution in [0.1, 0.15) is 22.8 Å². The number of anilines is 2. The van der Waals surface area contributed by atoms with E-state index in [1.54, 1.807) is 31.2 Å².